The maximum absolute atomic E-state index is 11.1. The number of amides is 1. The van der Waals surface area contributed by atoms with Crippen molar-refractivity contribution in [2.24, 2.45) is 5.73 Å². The number of hydrogen-bond acceptors (Lipinski definition) is 3. The van der Waals surface area contributed by atoms with Gasteiger partial charge in [-0.05, 0) is 56.0 Å². The van der Waals surface area contributed by atoms with E-state index in [2.05, 4.69) is 47.4 Å². The van der Waals surface area contributed by atoms with Gasteiger partial charge in [0.2, 0.25) is 5.91 Å². The molecule has 1 atom stereocenters. The number of carbonyl (C=O) groups is 1. The molecule has 0 bridgehead atoms. The Morgan fingerprint density at radius 2 is 2.04 bits per heavy atom. The largest absolute Gasteiger partial charge is 0.370 e. The Morgan fingerprint density at radius 3 is 2.79 bits per heavy atom. The van der Waals surface area contributed by atoms with Gasteiger partial charge in [0.1, 0.15) is 0 Å². The molecular formula is C20H25N3O. The molecule has 0 radical (unpaired) electrons. The SMILES string of the molecule is Cc1cc(CCC(N)=O)cc(C2CCCN2Cc2ccccc2)n1. The second-order valence-corrected chi connectivity index (χ2v) is 6.62. The summed E-state index contributed by atoms with van der Waals surface area (Å²) >= 11 is 0. The van der Waals surface area contributed by atoms with Crippen LogP contribution in [0.1, 0.15) is 47.8 Å². The van der Waals surface area contributed by atoms with Gasteiger partial charge >= 0.3 is 0 Å². The molecule has 0 saturated carbocycles. The zero-order valence-corrected chi connectivity index (χ0v) is 14.2. The first-order valence-electron chi connectivity index (χ1n) is 8.65. The van der Waals surface area contributed by atoms with Crippen LogP contribution in [0, 0.1) is 6.92 Å². The summed E-state index contributed by atoms with van der Waals surface area (Å²) in [5.41, 5.74) is 9.92. The van der Waals surface area contributed by atoms with Crippen molar-refractivity contribution in [3.63, 3.8) is 0 Å². The topological polar surface area (TPSA) is 59.2 Å². The highest BCUT2D eigenvalue weighted by atomic mass is 16.1. The third-order valence-corrected chi connectivity index (χ3v) is 4.63. The van der Waals surface area contributed by atoms with Gasteiger partial charge in [0.15, 0.2) is 0 Å². The fourth-order valence-electron chi connectivity index (χ4n) is 3.52. The summed E-state index contributed by atoms with van der Waals surface area (Å²) in [5, 5.41) is 0. The molecule has 1 fully saturated rings. The first-order valence-corrected chi connectivity index (χ1v) is 8.65. The molecule has 3 rings (SSSR count). The third-order valence-electron chi connectivity index (χ3n) is 4.63. The number of likely N-dealkylation sites (tertiary alicyclic amines) is 1. The van der Waals surface area contributed by atoms with Crippen LogP contribution in [0.5, 0.6) is 0 Å². The molecule has 2 heterocycles. The minimum atomic E-state index is -0.252. The summed E-state index contributed by atoms with van der Waals surface area (Å²) in [6.45, 7) is 4.08. The van der Waals surface area contributed by atoms with Crippen LogP contribution in [-0.2, 0) is 17.8 Å². The lowest BCUT2D eigenvalue weighted by Gasteiger charge is -2.25. The summed E-state index contributed by atoms with van der Waals surface area (Å²) in [6, 6.07) is 15.2. The van der Waals surface area contributed by atoms with Crippen molar-refractivity contribution in [3.8, 4) is 0 Å². The first-order chi connectivity index (χ1) is 11.6. The first kappa shape index (κ1) is 16.7. The molecule has 126 valence electrons. The molecular weight excluding hydrogens is 298 g/mol. The molecule has 1 aliphatic rings. The number of nitrogens with two attached hydrogens (primary N) is 1. The van der Waals surface area contributed by atoms with Crippen LogP contribution in [0.25, 0.3) is 0 Å². The van der Waals surface area contributed by atoms with Crippen molar-refractivity contribution in [2.45, 2.75) is 45.2 Å². The monoisotopic (exact) mass is 323 g/mol. The van der Waals surface area contributed by atoms with E-state index in [1.54, 1.807) is 0 Å². The maximum atomic E-state index is 11.1. The van der Waals surface area contributed by atoms with E-state index < -0.39 is 0 Å². The highest BCUT2D eigenvalue weighted by Crippen LogP contribution is 2.32. The van der Waals surface area contributed by atoms with E-state index in [1.165, 1.54) is 12.0 Å². The number of aryl methyl sites for hydroxylation is 2. The highest BCUT2D eigenvalue weighted by Gasteiger charge is 2.27. The number of primary amides is 1. The number of pyridine rings is 1. The highest BCUT2D eigenvalue weighted by molar-refractivity contribution is 5.74. The number of nitrogens with zero attached hydrogens (tertiary/aromatic N) is 2. The van der Waals surface area contributed by atoms with E-state index in [0.717, 1.165) is 36.5 Å². The average molecular weight is 323 g/mol. The lowest BCUT2D eigenvalue weighted by molar-refractivity contribution is -0.117. The Bertz CT molecular complexity index is 699. The Balaban J connectivity index is 1.77. The van der Waals surface area contributed by atoms with Crippen molar-refractivity contribution in [1.82, 2.24) is 9.88 Å². The summed E-state index contributed by atoms with van der Waals surface area (Å²) < 4.78 is 0. The van der Waals surface area contributed by atoms with Gasteiger partial charge in [-0.2, -0.15) is 0 Å². The Morgan fingerprint density at radius 1 is 1.25 bits per heavy atom. The van der Waals surface area contributed by atoms with Crippen LogP contribution in [-0.4, -0.2) is 22.3 Å². The van der Waals surface area contributed by atoms with Gasteiger partial charge in [0, 0.05) is 18.7 Å². The smallest absolute Gasteiger partial charge is 0.217 e. The summed E-state index contributed by atoms with van der Waals surface area (Å²) in [7, 11) is 0. The lowest BCUT2D eigenvalue weighted by Crippen LogP contribution is -2.23. The van der Waals surface area contributed by atoms with Gasteiger partial charge in [-0.3, -0.25) is 14.7 Å². The molecule has 24 heavy (non-hydrogen) atoms. The Kier molecular flexibility index (Phi) is 5.26. The van der Waals surface area contributed by atoms with Crippen LogP contribution < -0.4 is 5.73 Å². The molecule has 1 aliphatic heterocycles. The molecule has 1 unspecified atom stereocenters. The molecule has 4 nitrogen and oxygen atoms in total. The van der Waals surface area contributed by atoms with Gasteiger partial charge in [-0.25, -0.2) is 0 Å². The molecule has 2 N–H and O–H groups in total. The number of aromatic nitrogens is 1. The van der Waals surface area contributed by atoms with E-state index in [-0.39, 0.29) is 5.91 Å². The zero-order valence-electron chi connectivity index (χ0n) is 14.2. The molecule has 1 aromatic carbocycles. The van der Waals surface area contributed by atoms with E-state index in [4.69, 9.17) is 10.7 Å². The van der Waals surface area contributed by atoms with Crippen LogP contribution in [0.3, 0.4) is 0 Å². The minimum absolute atomic E-state index is 0.252. The predicted molar refractivity (Wildman–Crippen MR) is 95.3 cm³/mol. The average Bonchev–Trinajstić information content (AvgIpc) is 3.01. The molecule has 2 aromatic rings. The number of benzene rings is 1. The third kappa shape index (κ3) is 4.20. The minimum Gasteiger partial charge on any atom is -0.370 e. The van der Waals surface area contributed by atoms with E-state index in [1.807, 2.05) is 6.92 Å². The fourth-order valence-corrected chi connectivity index (χ4v) is 3.52. The lowest BCUT2D eigenvalue weighted by atomic mass is 10.0. The Hall–Kier alpha value is -2.20. The number of hydrogen-bond donors (Lipinski definition) is 1. The van der Waals surface area contributed by atoms with E-state index >= 15 is 0 Å². The van der Waals surface area contributed by atoms with Gasteiger partial charge in [0.25, 0.3) is 0 Å². The van der Waals surface area contributed by atoms with Gasteiger partial charge in [0.05, 0.1) is 11.7 Å². The van der Waals surface area contributed by atoms with E-state index in [0.29, 0.717) is 18.9 Å². The maximum Gasteiger partial charge on any atom is 0.217 e. The summed E-state index contributed by atoms with van der Waals surface area (Å²) in [5.74, 6) is -0.252. The molecule has 1 amide bonds. The number of carbonyl (C=O) groups excluding carboxylic acids is 1. The van der Waals surface area contributed by atoms with Crippen molar-refractivity contribution >= 4 is 5.91 Å². The summed E-state index contributed by atoms with van der Waals surface area (Å²) in [6.07, 6.45) is 3.42. The molecule has 4 heteroatoms. The van der Waals surface area contributed by atoms with Gasteiger partial charge in [-0.1, -0.05) is 30.3 Å². The van der Waals surface area contributed by atoms with Crippen molar-refractivity contribution in [2.75, 3.05) is 6.54 Å². The normalized spacial score (nSPS) is 18.0. The van der Waals surface area contributed by atoms with Crippen molar-refractivity contribution in [3.05, 3.63) is 65.0 Å². The second kappa shape index (κ2) is 7.58. The quantitative estimate of drug-likeness (QED) is 0.888. The van der Waals surface area contributed by atoms with Gasteiger partial charge < -0.3 is 5.73 Å². The standard InChI is InChI=1S/C20H25N3O/c1-15-12-17(9-10-20(21)24)13-18(22-15)19-8-5-11-23(19)14-16-6-3-2-4-7-16/h2-4,6-7,12-13,19H,5,8-11,14H2,1H3,(H2,21,24). The summed E-state index contributed by atoms with van der Waals surface area (Å²) in [4.78, 5) is 18.3. The molecule has 1 saturated heterocycles. The molecule has 0 aliphatic carbocycles. The Labute approximate surface area is 143 Å². The zero-order chi connectivity index (χ0) is 16.9. The molecule has 1 aromatic heterocycles. The van der Waals surface area contributed by atoms with Crippen molar-refractivity contribution in [1.29, 1.82) is 0 Å². The van der Waals surface area contributed by atoms with Crippen LogP contribution in [0.4, 0.5) is 0 Å². The predicted octanol–water partition coefficient (Wildman–Crippen LogP) is 3.15. The number of rotatable bonds is 6. The molecule has 0 spiro atoms. The van der Waals surface area contributed by atoms with E-state index in [9.17, 15) is 4.79 Å². The fraction of sp³-hybridized carbons (Fsp3) is 0.400. The second-order valence-electron chi connectivity index (χ2n) is 6.62. The van der Waals surface area contributed by atoms with Crippen LogP contribution in [0.2, 0.25) is 0 Å². The van der Waals surface area contributed by atoms with Gasteiger partial charge in [-0.15, -0.1) is 0 Å². The van der Waals surface area contributed by atoms with Crippen LogP contribution >= 0.6 is 0 Å². The van der Waals surface area contributed by atoms with Crippen LogP contribution in [0.15, 0.2) is 42.5 Å². The van der Waals surface area contributed by atoms with Crippen molar-refractivity contribution < 1.29 is 4.79 Å².